The number of sulfonamides is 1. The summed E-state index contributed by atoms with van der Waals surface area (Å²) in [6.07, 6.45) is 3.43. The Balaban J connectivity index is 1.66. The van der Waals surface area contributed by atoms with Crippen LogP contribution in [0.25, 0.3) is 0 Å². The first-order valence-corrected chi connectivity index (χ1v) is 15.2. The molecule has 1 fully saturated rings. The second-order valence-electron chi connectivity index (χ2n) is 12.7. The van der Waals surface area contributed by atoms with Crippen LogP contribution in [0.5, 0.6) is 0 Å². The summed E-state index contributed by atoms with van der Waals surface area (Å²) in [7, 11) is -4.26. The lowest BCUT2D eigenvalue weighted by Gasteiger charge is -2.34. The van der Waals surface area contributed by atoms with Gasteiger partial charge in [-0.1, -0.05) is 39.8 Å². The molecule has 0 aromatic carbocycles. The number of anilines is 2. The van der Waals surface area contributed by atoms with Crippen LogP contribution in [0.15, 0.2) is 59.8 Å². The normalized spacial score (nSPS) is 24.2. The summed E-state index contributed by atoms with van der Waals surface area (Å²) >= 11 is 0. The molecule has 1 unspecified atom stereocenters. The average molecular weight is 563 g/mol. The van der Waals surface area contributed by atoms with Crippen LogP contribution in [0.3, 0.4) is 0 Å². The molecule has 0 saturated carbocycles. The fraction of sp³-hybridized carbons (Fsp3) is 0.467. The minimum absolute atomic E-state index is 0.184. The molecule has 5 rings (SSSR count). The Morgan fingerprint density at radius 1 is 1.02 bits per heavy atom. The lowest BCUT2D eigenvalue weighted by atomic mass is 9.83. The molecule has 3 aromatic rings. The van der Waals surface area contributed by atoms with E-state index in [1.807, 2.05) is 24.3 Å². The monoisotopic (exact) mass is 562 g/mol. The van der Waals surface area contributed by atoms with Gasteiger partial charge in [-0.15, -0.1) is 0 Å². The van der Waals surface area contributed by atoms with E-state index in [1.165, 1.54) is 6.07 Å². The van der Waals surface area contributed by atoms with Crippen LogP contribution in [0.4, 0.5) is 11.6 Å². The fourth-order valence-electron chi connectivity index (χ4n) is 5.75. The van der Waals surface area contributed by atoms with Gasteiger partial charge in [-0.25, -0.2) is 14.7 Å². The van der Waals surface area contributed by atoms with Crippen molar-refractivity contribution in [1.29, 1.82) is 0 Å². The summed E-state index contributed by atoms with van der Waals surface area (Å²) < 4.78 is 29.0. The van der Waals surface area contributed by atoms with Gasteiger partial charge in [0, 0.05) is 29.4 Å². The predicted octanol–water partition coefficient (Wildman–Crippen LogP) is 5.09. The summed E-state index contributed by atoms with van der Waals surface area (Å²) in [5, 5.41) is 3.19. The second-order valence-corrected chi connectivity index (χ2v) is 14.3. The van der Waals surface area contributed by atoms with Crippen molar-refractivity contribution in [3.05, 3.63) is 71.7 Å². The molecule has 5 heterocycles. The lowest BCUT2D eigenvalue weighted by molar-refractivity contribution is 0.0981. The molecule has 0 radical (unpaired) electrons. The highest BCUT2D eigenvalue weighted by Gasteiger charge is 2.43. The average Bonchev–Trinajstić information content (AvgIpc) is 3.22. The number of carbonyl (C=O) groups excluding carboxylic acids is 1. The van der Waals surface area contributed by atoms with Crippen LogP contribution in [-0.4, -0.2) is 41.4 Å². The molecule has 2 aliphatic heterocycles. The highest BCUT2D eigenvalue weighted by molar-refractivity contribution is 7.90. The Labute approximate surface area is 236 Å². The van der Waals surface area contributed by atoms with Crippen LogP contribution in [0.1, 0.15) is 82.2 Å². The van der Waals surface area contributed by atoms with Crippen LogP contribution < -0.4 is 14.9 Å². The number of nitrogens with one attached hydrogen (secondary N) is 2. The van der Waals surface area contributed by atoms with E-state index < -0.39 is 15.9 Å². The molecule has 2 aliphatic rings. The fourth-order valence-corrected chi connectivity index (χ4v) is 6.69. The standard InChI is InChI=1S/C30H38N6O3S/c1-19-16-23(22-10-7-8-15-31-22)32-25-11-9-12-26(34-25)40(38,39)35-28(37)21-13-14-24(29(2,3)4)33-27(21)36-18-20(19)17-30(36,5)6/h7-15,19-20,23H,16-18H2,1-6H3,(H,32,34)(H,35,37)/t19-,20-,23?/m0/s1. The number of rotatable bonds is 1. The smallest absolute Gasteiger partial charge is 0.281 e. The van der Waals surface area contributed by atoms with E-state index >= 15 is 0 Å². The Morgan fingerprint density at radius 2 is 1.80 bits per heavy atom. The number of carbonyl (C=O) groups is 1. The molecular formula is C30H38N6O3S. The summed E-state index contributed by atoms with van der Waals surface area (Å²) in [5.74, 6) is 0.779. The van der Waals surface area contributed by atoms with Crippen molar-refractivity contribution in [2.24, 2.45) is 11.8 Å². The van der Waals surface area contributed by atoms with Crippen molar-refractivity contribution in [2.45, 2.75) is 76.4 Å². The predicted molar refractivity (Wildman–Crippen MR) is 156 cm³/mol. The maximum Gasteiger partial charge on any atom is 0.281 e. The van der Waals surface area contributed by atoms with Crippen LogP contribution >= 0.6 is 0 Å². The van der Waals surface area contributed by atoms with Crippen molar-refractivity contribution < 1.29 is 13.2 Å². The highest BCUT2D eigenvalue weighted by atomic mass is 32.2. The maximum absolute atomic E-state index is 13.6. The van der Waals surface area contributed by atoms with Crippen molar-refractivity contribution in [3.8, 4) is 0 Å². The lowest BCUT2D eigenvalue weighted by Crippen LogP contribution is -2.41. The van der Waals surface area contributed by atoms with E-state index in [0.717, 1.165) is 24.2 Å². The van der Waals surface area contributed by atoms with Gasteiger partial charge in [0.05, 0.1) is 17.3 Å². The quantitative estimate of drug-likeness (QED) is 0.421. The molecule has 1 saturated heterocycles. The van der Waals surface area contributed by atoms with Gasteiger partial charge in [0.25, 0.3) is 15.9 Å². The van der Waals surface area contributed by atoms with E-state index in [1.54, 1.807) is 24.4 Å². The van der Waals surface area contributed by atoms with Gasteiger partial charge in [-0.2, -0.15) is 8.42 Å². The maximum atomic E-state index is 13.6. The number of pyridine rings is 3. The topological polar surface area (TPSA) is 117 Å². The SMILES string of the molecule is C[C@H]1CC(c2ccccn2)Nc2cccc(n2)S(=O)(=O)NC(=O)c2ccc(C(C)(C)C)nc2N2C[C@@H]1CC2(C)C. The number of hydrogen-bond acceptors (Lipinski definition) is 8. The minimum atomic E-state index is -4.26. The summed E-state index contributed by atoms with van der Waals surface area (Å²) in [6, 6.07) is 13.8. The Morgan fingerprint density at radius 3 is 2.50 bits per heavy atom. The zero-order valence-corrected chi connectivity index (χ0v) is 24.8. The van der Waals surface area contributed by atoms with Gasteiger partial charge in [0.1, 0.15) is 11.6 Å². The van der Waals surface area contributed by atoms with Gasteiger partial charge in [0.2, 0.25) is 0 Å². The van der Waals surface area contributed by atoms with E-state index in [0.29, 0.717) is 24.1 Å². The van der Waals surface area contributed by atoms with Crippen LogP contribution in [0, 0.1) is 11.8 Å². The number of aromatic nitrogens is 3. The first-order valence-electron chi connectivity index (χ1n) is 13.8. The third kappa shape index (κ3) is 5.54. The van der Waals surface area contributed by atoms with E-state index in [-0.39, 0.29) is 33.5 Å². The minimum Gasteiger partial charge on any atom is -0.362 e. The molecule has 0 spiro atoms. The number of nitrogens with zero attached hydrogens (tertiary/aromatic N) is 4. The van der Waals surface area contributed by atoms with Crippen LogP contribution in [-0.2, 0) is 15.4 Å². The van der Waals surface area contributed by atoms with E-state index in [2.05, 4.69) is 66.4 Å². The summed E-state index contributed by atoms with van der Waals surface area (Å²) in [5.41, 5.74) is 1.37. The van der Waals surface area contributed by atoms with Crippen molar-refractivity contribution >= 4 is 27.6 Å². The Hall–Kier alpha value is -3.53. The molecule has 0 aliphatic carbocycles. The third-order valence-corrected chi connectivity index (χ3v) is 9.29. The largest absolute Gasteiger partial charge is 0.362 e. The van der Waals surface area contributed by atoms with Gasteiger partial charge in [0.15, 0.2) is 5.03 Å². The molecular weight excluding hydrogens is 524 g/mol. The summed E-state index contributed by atoms with van der Waals surface area (Å²) in [4.78, 5) is 29.7. The highest BCUT2D eigenvalue weighted by Crippen LogP contribution is 2.43. The molecule has 3 aromatic heterocycles. The molecule has 10 heteroatoms. The summed E-state index contributed by atoms with van der Waals surface area (Å²) in [6.45, 7) is 13.5. The molecule has 9 nitrogen and oxygen atoms in total. The van der Waals surface area contributed by atoms with Crippen molar-refractivity contribution in [1.82, 2.24) is 19.7 Å². The molecule has 2 N–H and O–H groups in total. The third-order valence-electron chi connectivity index (χ3n) is 8.06. The van der Waals surface area contributed by atoms with Crippen molar-refractivity contribution in [2.75, 3.05) is 16.8 Å². The second kappa shape index (κ2) is 10.1. The Kier molecular flexibility index (Phi) is 7.10. The number of hydrogen-bond donors (Lipinski definition) is 2. The van der Waals surface area contributed by atoms with Crippen LogP contribution in [0.2, 0.25) is 0 Å². The molecule has 40 heavy (non-hydrogen) atoms. The molecule has 3 atom stereocenters. The number of fused-ring (bicyclic) bond motifs is 6. The Bertz CT molecular complexity index is 1520. The first-order chi connectivity index (χ1) is 18.7. The van der Waals surface area contributed by atoms with E-state index in [9.17, 15) is 13.2 Å². The zero-order chi connectivity index (χ0) is 28.9. The first kappa shape index (κ1) is 28.0. The zero-order valence-electron chi connectivity index (χ0n) is 24.0. The van der Waals surface area contributed by atoms with Gasteiger partial charge >= 0.3 is 0 Å². The van der Waals surface area contributed by atoms with Gasteiger partial charge in [-0.3, -0.25) is 9.78 Å². The van der Waals surface area contributed by atoms with Gasteiger partial charge in [-0.05, 0) is 74.9 Å². The van der Waals surface area contributed by atoms with E-state index in [4.69, 9.17) is 4.98 Å². The van der Waals surface area contributed by atoms with Crippen molar-refractivity contribution in [3.63, 3.8) is 0 Å². The molecule has 1 amide bonds. The van der Waals surface area contributed by atoms with Gasteiger partial charge < -0.3 is 10.2 Å². The number of amides is 1. The molecule has 212 valence electrons. The molecule has 4 bridgehead atoms.